The highest BCUT2D eigenvalue weighted by molar-refractivity contribution is 5.30. The van der Waals surface area contributed by atoms with Crippen LogP contribution in [0.1, 0.15) is 86.0 Å². The summed E-state index contributed by atoms with van der Waals surface area (Å²) in [5, 5.41) is 0. The van der Waals surface area contributed by atoms with Gasteiger partial charge in [-0.1, -0.05) is 65.2 Å². The Balaban J connectivity index is 2.16. The molecule has 1 heterocycles. The summed E-state index contributed by atoms with van der Waals surface area (Å²) in [6.45, 7) is 16.7. The van der Waals surface area contributed by atoms with Crippen molar-refractivity contribution in [3.05, 3.63) is 23.9 Å². The van der Waals surface area contributed by atoms with Crippen molar-refractivity contribution in [2.75, 3.05) is 6.61 Å². The lowest BCUT2D eigenvalue weighted by Crippen LogP contribution is -2.57. The second-order valence-corrected chi connectivity index (χ2v) is 9.29. The Labute approximate surface area is 162 Å². The Morgan fingerprint density at radius 1 is 1.31 bits per heavy atom. The molecule has 2 fully saturated rings. The zero-order valence-electron chi connectivity index (χ0n) is 18.0. The molecule has 2 rings (SSSR count). The third kappa shape index (κ3) is 4.21. The van der Waals surface area contributed by atoms with Crippen molar-refractivity contribution in [1.82, 2.24) is 0 Å². The summed E-state index contributed by atoms with van der Waals surface area (Å²) in [4.78, 5) is 0. The quantitative estimate of drug-likeness (QED) is 0.338. The van der Waals surface area contributed by atoms with Gasteiger partial charge in [0.2, 0.25) is 0 Å². The molecule has 0 amide bonds. The molecule has 1 aliphatic heterocycles. The number of hydrogen-bond acceptors (Lipinski definition) is 2. The van der Waals surface area contributed by atoms with Crippen molar-refractivity contribution in [3.63, 3.8) is 0 Å². The lowest BCUT2D eigenvalue weighted by atomic mass is 9.59. The van der Waals surface area contributed by atoms with Gasteiger partial charge in [-0.15, -0.1) is 0 Å². The Morgan fingerprint density at radius 2 is 2.00 bits per heavy atom. The number of allylic oxidation sites excluding steroid dienone is 1. The molecule has 4 unspecified atom stereocenters. The topological polar surface area (TPSA) is 35.2 Å². The molecule has 1 aliphatic carbocycles. The Morgan fingerprint density at radius 3 is 2.46 bits per heavy atom. The van der Waals surface area contributed by atoms with Crippen molar-refractivity contribution in [3.8, 4) is 0 Å². The highest BCUT2D eigenvalue weighted by Gasteiger charge is 2.53. The van der Waals surface area contributed by atoms with Crippen LogP contribution in [0.2, 0.25) is 0 Å². The van der Waals surface area contributed by atoms with Crippen LogP contribution in [0.4, 0.5) is 0 Å². The first-order valence-electron chi connectivity index (χ1n) is 11.1. The second-order valence-electron chi connectivity index (χ2n) is 9.29. The van der Waals surface area contributed by atoms with E-state index >= 15 is 0 Å². The Kier molecular flexibility index (Phi) is 7.82. The molecule has 0 aromatic carbocycles. The van der Waals surface area contributed by atoms with Gasteiger partial charge in [-0.2, -0.15) is 0 Å². The van der Waals surface area contributed by atoms with Crippen molar-refractivity contribution in [1.29, 1.82) is 0 Å². The largest absolute Gasteiger partial charge is 0.401 e. The van der Waals surface area contributed by atoms with E-state index in [1.165, 1.54) is 44.1 Å². The van der Waals surface area contributed by atoms with Crippen LogP contribution in [0.25, 0.3) is 0 Å². The standard InChI is InChI=1S/C24H43NO/c1-7-9-10-11-22(25)24(17(3)4,19(6)8-2)23-21(16-26-23)13-12-20-14-18(5)15-20/h11,18-21,23H,3,7-10,12-16,25H2,1-2,4-6H3/b22-11-. The van der Waals surface area contributed by atoms with E-state index in [0.717, 1.165) is 37.0 Å². The smallest absolute Gasteiger partial charge is 0.0775 e. The molecule has 0 aromatic heterocycles. The lowest BCUT2D eigenvalue weighted by molar-refractivity contribution is -0.175. The Bertz CT molecular complexity index is 490. The molecule has 4 atom stereocenters. The SMILES string of the molecule is C=C(C)C(/C(N)=C/CCCC)(C(C)CC)C1OCC1CCC1CC(C)C1. The molecular formula is C24H43NO. The first-order chi connectivity index (χ1) is 12.4. The van der Waals surface area contributed by atoms with Gasteiger partial charge in [-0.25, -0.2) is 0 Å². The van der Waals surface area contributed by atoms with Crippen molar-refractivity contribution < 1.29 is 4.74 Å². The lowest BCUT2D eigenvalue weighted by Gasteiger charge is -2.54. The van der Waals surface area contributed by atoms with E-state index in [1.54, 1.807) is 0 Å². The third-order valence-electron chi connectivity index (χ3n) is 7.28. The number of nitrogens with two attached hydrogens (primary N) is 1. The fourth-order valence-corrected chi connectivity index (χ4v) is 5.41. The van der Waals surface area contributed by atoms with Gasteiger partial charge in [-0.05, 0) is 56.8 Å². The molecule has 2 N–H and O–H groups in total. The molecule has 150 valence electrons. The third-order valence-corrected chi connectivity index (χ3v) is 7.28. The molecule has 0 bridgehead atoms. The summed E-state index contributed by atoms with van der Waals surface area (Å²) < 4.78 is 6.24. The van der Waals surface area contributed by atoms with Gasteiger partial charge >= 0.3 is 0 Å². The van der Waals surface area contributed by atoms with Gasteiger partial charge in [0.1, 0.15) is 0 Å². The van der Waals surface area contributed by atoms with Gasteiger partial charge in [0.25, 0.3) is 0 Å². The summed E-state index contributed by atoms with van der Waals surface area (Å²) in [7, 11) is 0. The zero-order chi connectivity index (χ0) is 19.3. The van der Waals surface area contributed by atoms with Crippen LogP contribution < -0.4 is 5.73 Å². The van der Waals surface area contributed by atoms with Gasteiger partial charge in [0.15, 0.2) is 0 Å². The molecule has 0 spiro atoms. The van der Waals surface area contributed by atoms with Crippen LogP contribution in [0.15, 0.2) is 23.9 Å². The fourth-order valence-electron chi connectivity index (χ4n) is 5.41. The molecule has 0 radical (unpaired) electrons. The van der Waals surface area contributed by atoms with Crippen molar-refractivity contribution in [2.45, 2.75) is 92.1 Å². The van der Waals surface area contributed by atoms with Crippen LogP contribution in [-0.4, -0.2) is 12.7 Å². The first-order valence-corrected chi connectivity index (χ1v) is 11.1. The number of hydrogen-bond donors (Lipinski definition) is 1. The van der Waals surface area contributed by atoms with Gasteiger partial charge < -0.3 is 10.5 Å². The van der Waals surface area contributed by atoms with Gasteiger partial charge in [0.05, 0.1) is 18.1 Å². The summed E-state index contributed by atoms with van der Waals surface area (Å²) in [5.41, 5.74) is 8.78. The molecule has 2 heteroatoms. The molecule has 26 heavy (non-hydrogen) atoms. The van der Waals surface area contributed by atoms with Crippen LogP contribution in [0, 0.1) is 29.1 Å². The number of rotatable bonds is 11. The molecule has 2 nitrogen and oxygen atoms in total. The molecule has 1 saturated carbocycles. The van der Waals surface area contributed by atoms with E-state index in [1.807, 2.05) is 0 Å². The first kappa shape index (κ1) is 21.5. The summed E-state index contributed by atoms with van der Waals surface area (Å²) >= 11 is 0. The van der Waals surface area contributed by atoms with Crippen molar-refractivity contribution in [2.24, 2.45) is 34.8 Å². The van der Waals surface area contributed by atoms with E-state index in [-0.39, 0.29) is 11.5 Å². The number of ether oxygens (including phenoxy) is 1. The summed E-state index contributed by atoms with van der Waals surface area (Å²) in [5.74, 6) is 2.98. The average Bonchev–Trinajstić information content (AvgIpc) is 2.55. The predicted molar refractivity (Wildman–Crippen MR) is 113 cm³/mol. The van der Waals surface area contributed by atoms with E-state index in [0.29, 0.717) is 11.8 Å². The molecule has 2 aliphatic rings. The maximum Gasteiger partial charge on any atom is 0.0775 e. The summed E-state index contributed by atoms with van der Waals surface area (Å²) in [6.07, 6.45) is 12.5. The molecular weight excluding hydrogens is 318 g/mol. The van der Waals surface area contributed by atoms with E-state index in [9.17, 15) is 0 Å². The van der Waals surface area contributed by atoms with Crippen LogP contribution in [-0.2, 0) is 4.74 Å². The summed E-state index contributed by atoms with van der Waals surface area (Å²) in [6, 6.07) is 0. The maximum absolute atomic E-state index is 6.78. The highest BCUT2D eigenvalue weighted by atomic mass is 16.5. The van der Waals surface area contributed by atoms with Crippen LogP contribution in [0.3, 0.4) is 0 Å². The minimum atomic E-state index is -0.196. The molecule has 0 aromatic rings. The van der Waals surface area contributed by atoms with Gasteiger partial charge in [0, 0.05) is 11.6 Å². The minimum Gasteiger partial charge on any atom is -0.401 e. The number of unbranched alkanes of at least 4 members (excludes halogenated alkanes) is 2. The van der Waals surface area contributed by atoms with E-state index in [2.05, 4.69) is 47.3 Å². The average molecular weight is 362 g/mol. The van der Waals surface area contributed by atoms with Gasteiger partial charge in [-0.3, -0.25) is 0 Å². The second kappa shape index (κ2) is 9.44. The van der Waals surface area contributed by atoms with Crippen molar-refractivity contribution >= 4 is 0 Å². The zero-order valence-corrected chi connectivity index (χ0v) is 18.0. The minimum absolute atomic E-state index is 0.196. The predicted octanol–water partition coefficient (Wildman–Crippen LogP) is 6.47. The Hall–Kier alpha value is -0.760. The molecule has 1 saturated heterocycles. The van der Waals surface area contributed by atoms with Crippen LogP contribution in [0.5, 0.6) is 0 Å². The van der Waals surface area contributed by atoms with E-state index in [4.69, 9.17) is 10.5 Å². The monoisotopic (exact) mass is 361 g/mol. The van der Waals surface area contributed by atoms with Crippen LogP contribution >= 0.6 is 0 Å². The highest BCUT2D eigenvalue weighted by Crippen LogP contribution is 2.52. The normalized spacial score (nSPS) is 32.3. The maximum atomic E-state index is 6.78. The fraction of sp³-hybridized carbons (Fsp3) is 0.833. The van der Waals surface area contributed by atoms with E-state index < -0.39 is 0 Å².